The second-order valence-electron chi connectivity index (χ2n) is 4.41. The van der Waals surface area contributed by atoms with E-state index in [-0.39, 0.29) is 5.78 Å². The van der Waals surface area contributed by atoms with Gasteiger partial charge in [0.1, 0.15) is 6.33 Å². The van der Waals surface area contributed by atoms with Crippen molar-refractivity contribution in [1.29, 1.82) is 0 Å². The number of hydrogen-bond acceptors (Lipinski definition) is 4. The van der Waals surface area contributed by atoms with Crippen LogP contribution >= 0.6 is 0 Å². The quantitative estimate of drug-likeness (QED) is 0.542. The fraction of sp³-hybridized carbons (Fsp3) is 0. The molecule has 0 aliphatic heterocycles. The number of carbonyl (C=O) groups is 1. The molecule has 5 heteroatoms. The summed E-state index contributed by atoms with van der Waals surface area (Å²) in [5.41, 5.74) is 2.43. The van der Waals surface area contributed by atoms with Gasteiger partial charge in [0, 0.05) is 5.56 Å². The first-order valence-corrected chi connectivity index (χ1v) is 6.44. The van der Waals surface area contributed by atoms with Gasteiger partial charge in [-0.3, -0.25) is 4.79 Å². The highest BCUT2D eigenvalue weighted by atomic mass is 16.1. The number of allylic oxidation sites excluding steroid dienone is 1. The summed E-state index contributed by atoms with van der Waals surface area (Å²) in [6.45, 7) is 0. The first-order chi connectivity index (χ1) is 10.3. The lowest BCUT2D eigenvalue weighted by molar-refractivity contribution is 0.104. The van der Waals surface area contributed by atoms with Crippen molar-refractivity contribution in [2.24, 2.45) is 0 Å². The normalized spacial score (nSPS) is 10.9. The maximum atomic E-state index is 12.1. The van der Waals surface area contributed by atoms with Crippen molar-refractivity contribution in [2.45, 2.75) is 0 Å². The van der Waals surface area contributed by atoms with E-state index in [1.165, 1.54) is 11.0 Å². The van der Waals surface area contributed by atoms with E-state index >= 15 is 0 Å². The molecule has 0 fully saturated rings. The first kappa shape index (κ1) is 12.9. The van der Waals surface area contributed by atoms with Gasteiger partial charge >= 0.3 is 0 Å². The molecule has 5 nitrogen and oxygen atoms in total. The second kappa shape index (κ2) is 5.92. The zero-order valence-electron chi connectivity index (χ0n) is 11.1. The molecule has 0 spiro atoms. The molecule has 1 heterocycles. The molecule has 0 aliphatic carbocycles. The number of rotatable bonds is 4. The lowest BCUT2D eigenvalue weighted by atomic mass is 10.1. The number of nitrogens with zero attached hydrogens (tertiary/aromatic N) is 4. The lowest BCUT2D eigenvalue weighted by Crippen LogP contribution is -1.98. The Morgan fingerprint density at radius 3 is 2.43 bits per heavy atom. The van der Waals surface area contributed by atoms with E-state index in [4.69, 9.17) is 0 Å². The highest BCUT2D eigenvalue weighted by Crippen LogP contribution is 2.10. The van der Waals surface area contributed by atoms with E-state index in [0.29, 0.717) is 5.56 Å². The molecule has 0 N–H and O–H groups in total. The minimum absolute atomic E-state index is 0.0397. The molecule has 3 aromatic rings. The van der Waals surface area contributed by atoms with E-state index < -0.39 is 0 Å². The number of tetrazole rings is 1. The van der Waals surface area contributed by atoms with Crippen molar-refractivity contribution < 1.29 is 4.79 Å². The SMILES string of the molecule is O=C(/C=C/c1ccccc1)c1ccc(-n2cnnn2)cc1. The van der Waals surface area contributed by atoms with E-state index in [2.05, 4.69) is 15.5 Å². The Hall–Kier alpha value is -3.08. The monoisotopic (exact) mass is 276 g/mol. The molecule has 2 aromatic carbocycles. The number of hydrogen-bond donors (Lipinski definition) is 0. The van der Waals surface area contributed by atoms with Gasteiger partial charge < -0.3 is 0 Å². The van der Waals surface area contributed by atoms with E-state index in [9.17, 15) is 4.79 Å². The van der Waals surface area contributed by atoms with E-state index in [1.807, 2.05) is 30.3 Å². The van der Waals surface area contributed by atoms with E-state index in [1.54, 1.807) is 36.4 Å². The van der Waals surface area contributed by atoms with Gasteiger partial charge in [-0.1, -0.05) is 36.4 Å². The predicted octanol–water partition coefficient (Wildman–Crippen LogP) is 2.56. The lowest BCUT2D eigenvalue weighted by Gasteiger charge is -2.00. The fourth-order valence-electron chi connectivity index (χ4n) is 1.89. The summed E-state index contributed by atoms with van der Waals surface area (Å²) < 4.78 is 1.54. The van der Waals surface area contributed by atoms with Crippen LogP contribution in [0, 0.1) is 0 Å². The molecular formula is C16H12N4O. The molecule has 0 amide bonds. The molecule has 0 atom stereocenters. The maximum Gasteiger partial charge on any atom is 0.185 e. The average Bonchev–Trinajstić information content (AvgIpc) is 3.08. The van der Waals surface area contributed by atoms with Gasteiger partial charge in [-0.05, 0) is 46.3 Å². The van der Waals surface area contributed by atoms with Crippen molar-refractivity contribution in [3.8, 4) is 5.69 Å². The Kier molecular flexibility index (Phi) is 3.64. The number of ketones is 1. The second-order valence-corrected chi connectivity index (χ2v) is 4.41. The summed E-state index contributed by atoms with van der Waals surface area (Å²) in [6.07, 6.45) is 4.88. The van der Waals surface area contributed by atoms with Crippen LogP contribution in [0.4, 0.5) is 0 Å². The standard InChI is InChI=1S/C16H12N4O/c21-16(11-6-13-4-2-1-3-5-13)14-7-9-15(10-8-14)20-12-17-18-19-20/h1-12H/b11-6+. The Balaban J connectivity index is 1.75. The van der Waals surface area contributed by atoms with E-state index in [0.717, 1.165) is 11.3 Å². The van der Waals surface area contributed by atoms with Crippen LogP contribution in [0.25, 0.3) is 11.8 Å². The molecular weight excluding hydrogens is 264 g/mol. The van der Waals surface area contributed by atoms with Crippen LogP contribution in [0.3, 0.4) is 0 Å². The van der Waals surface area contributed by atoms with Crippen LogP contribution < -0.4 is 0 Å². The highest BCUT2D eigenvalue weighted by Gasteiger charge is 2.03. The molecule has 0 radical (unpaired) electrons. The third-order valence-corrected chi connectivity index (χ3v) is 2.99. The number of carbonyl (C=O) groups excluding carboxylic acids is 1. The van der Waals surface area contributed by atoms with Gasteiger partial charge in [-0.15, -0.1) is 5.10 Å². The Morgan fingerprint density at radius 1 is 1.00 bits per heavy atom. The smallest absolute Gasteiger partial charge is 0.185 e. The summed E-state index contributed by atoms with van der Waals surface area (Å²) >= 11 is 0. The minimum atomic E-state index is -0.0397. The van der Waals surface area contributed by atoms with Crippen LogP contribution in [0.5, 0.6) is 0 Å². The summed E-state index contributed by atoms with van der Waals surface area (Å²) in [5.74, 6) is -0.0397. The number of aromatic nitrogens is 4. The molecule has 3 rings (SSSR count). The molecule has 21 heavy (non-hydrogen) atoms. The summed E-state index contributed by atoms with van der Waals surface area (Å²) in [4.78, 5) is 12.1. The van der Waals surface area contributed by atoms with Crippen molar-refractivity contribution in [3.63, 3.8) is 0 Å². The molecule has 0 aliphatic rings. The van der Waals surface area contributed by atoms with Gasteiger partial charge in [0.15, 0.2) is 5.78 Å². The fourth-order valence-corrected chi connectivity index (χ4v) is 1.89. The van der Waals surface area contributed by atoms with Gasteiger partial charge in [0.2, 0.25) is 0 Å². The zero-order valence-corrected chi connectivity index (χ0v) is 11.1. The molecule has 0 saturated carbocycles. The van der Waals surface area contributed by atoms with Crippen LogP contribution in [-0.2, 0) is 0 Å². The first-order valence-electron chi connectivity index (χ1n) is 6.44. The predicted molar refractivity (Wildman–Crippen MR) is 79.0 cm³/mol. The highest BCUT2D eigenvalue weighted by molar-refractivity contribution is 6.06. The van der Waals surface area contributed by atoms with Crippen LogP contribution in [0.2, 0.25) is 0 Å². The molecule has 102 valence electrons. The third kappa shape index (κ3) is 3.09. The maximum absolute atomic E-state index is 12.1. The number of benzene rings is 2. The Morgan fingerprint density at radius 2 is 1.76 bits per heavy atom. The van der Waals surface area contributed by atoms with Crippen molar-refractivity contribution in [1.82, 2.24) is 20.2 Å². The summed E-state index contributed by atoms with van der Waals surface area (Å²) in [6, 6.07) is 16.8. The average molecular weight is 276 g/mol. The van der Waals surface area contributed by atoms with Gasteiger partial charge in [0.05, 0.1) is 5.69 Å². The van der Waals surface area contributed by atoms with Gasteiger partial charge in [-0.2, -0.15) is 0 Å². The van der Waals surface area contributed by atoms with Crippen molar-refractivity contribution in [3.05, 3.63) is 78.1 Å². The summed E-state index contributed by atoms with van der Waals surface area (Å²) in [7, 11) is 0. The largest absolute Gasteiger partial charge is 0.289 e. The van der Waals surface area contributed by atoms with Crippen molar-refractivity contribution in [2.75, 3.05) is 0 Å². The molecule has 0 unspecified atom stereocenters. The summed E-state index contributed by atoms with van der Waals surface area (Å²) in [5, 5.41) is 10.9. The minimum Gasteiger partial charge on any atom is -0.289 e. The molecule has 0 bridgehead atoms. The van der Waals surface area contributed by atoms with Gasteiger partial charge in [-0.25, -0.2) is 4.68 Å². The topological polar surface area (TPSA) is 60.7 Å². The molecule has 0 saturated heterocycles. The zero-order chi connectivity index (χ0) is 14.5. The molecule has 1 aromatic heterocycles. The van der Waals surface area contributed by atoms with Crippen molar-refractivity contribution >= 4 is 11.9 Å². The van der Waals surface area contributed by atoms with Crippen LogP contribution in [-0.4, -0.2) is 26.0 Å². The third-order valence-electron chi connectivity index (χ3n) is 2.99. The van der Waals surface area contributed by atoms with Gasteiger partial charge in [0.25, 0.3) is 0 Å². The Bertz CT molecular complexity index is 747. The van der Waals surface area contributed by atoms with Crippen LogP contribution in [0.15, 0.2) is 67.0 Å². The Labute approximate surface area is 121 Å². The van der Waals surface area contributed by atoms with Crippen LogP contribution in [0.1, 0.15) is 15.9 Å².